The van der Waals surface area contributed by atoms with Crippen molar-refractivity contribution >= 4 is 5.88 Å². The van der Waals surface area contributed by atoms with E-state index in [4.69, 9.17) is 14.0 Å². The molecule has 0 amide bonds. The van der Waals surface area contributed by atoms with E-state index in [1.165, 1.54) is 0 Å². The first-order chi connectivity index (χ1) is 8.42. The number of hydrogen-bond acceptors (Lipinski definition) is 5. The van der Waals surface area contributed by atoms with E-state index in [-0.39, 0.29) is 6.79 Å². The molecule has 2 aliphatic heterocycles. The largest absolute Gasteiger partial charge is 0.454 e. The second-order valence-corrected chi connectivity index (χ2v) is 4.08. The van der Waals surface area contributed by atoms with Crippen molar-refractivity contribution in [1.29, 1.82) is 0 Å². The molecule has 1 aromatic carbocycles. The summed E-state index contributed by atoms with van der Waals surface area (Å²) in [5.41, 5.74) is 3.04. The van der Waals surface area contributed by atoms with Crippen LogP contribution in [0.1, 0.15) is 5.56 Å². The van der Waals surface area contributed by atoms with Crippen molar-refractivity contribution in [2.24, 2.45) is 0 Å². The zero-order valence-electron chi connectivity index (χ0n) is 9.03. The van der Waals surface area contributed by atoms with Crippen LogP contribution in [0.25, 0.3) is 11.3 Å². The molecule has 1 aromatic heterocycles. The lowest BCUT2D eigenvalue weighted by atomic mass is 10.1. The zero-order valence-corrected chi connectivity index (χ0v) is 9.03. The van der Waals surface area contributed by atoms with Gasteiger partial charge in [0, 0.05) is 17.7 Å². The summed E-state index contributed by atoms with van der Waals surface area (Å²) in [4.78, 5) is 0. The number of benzene rings is 1. The molecular weight excluding hydrogens is 220 g/mol. The van der Waals surface area contributed by atoms with Gasteiger partial charge in [0.2, 0.25) is 12.7 Å². The molecule has 86 valence electrons. The molecule has 3 heterocycles. The summed E-state index contributed by atoms with van der Waals surface area (Å²) in [6.45, 7) is 1.20. The molecule has 5 heteroatoms. The Balaban J connectivity index is 1.84. The van der Waals surface area contributed by atoms with Gasteiger partial charge >= 0.3 is 0 Å². The minimum absolute atomic E-state index is 0.289. The van der Waals surface area contributed by atoms with E-state index in [0.29, 0.717) is 0 Å². The Morgan fingerprint density at radius 2 is 2.12 bits per heavy atom. The van der Waals surface area contributed by atoms with Crippen molar-refractivity contribution in [2.75, 3.05) is 18.7 Å². The average molecular weight is 230 g/mol. The molecule has 5 nitrogen and oxygen atoms in total. The molecular formula is C12H10N2O3. The third-order valence-electron chi connectivity index (χ3n) is 3.09. The van der Waals surface area contributed by atoms with Crippen molar-refractivity contribution < 1.29 is 14.0 Å². The Kier molecular flexibility index (Phi) is 1.66. The predicted octanol–water partition coefficient (Wildman–Crippen LogP) is 2.04. The molecule has 0 atom stereocenters. The van der Waals surface area contributed by atoms with E-state index in [1.807, 2.05) is 18.2 Å². The standard InChI is InChI=1S/C12H10N2O3/c1-2-9-10(16-6-15-9)5-7(1)11-8-3-4-13-12(8)17-14-11/h1-2,5,13H,3-4,6H2. The summed E-state index contributed by atoms with van der Waals surface area (Å²) in [7, 11) is 0. The van der Waals surface area contributed by atoms with Gasteiger partial charge in [0.25, 0.3) is 0 Å². The lowest BCUT2D eigenvalue weighted by molar-refractivity contribution is 0.174. The SMILES string of the molecule is c1cc2c(cc1-c1noc3c1CCN3)OCO2. The number of nitrogens with one attached hydrogen (secondary N) is 1. The van der Waals surface area contributed by atoms with Crippen LogP contribution in [0.2, 0.25) is 0 Å². The van der Waals surface area contributed by atoms with Crippen LogP contribution in [0.15, 0.2) is 22.7 Å². The van der Waals surface area contributed by atoms with E-state index in [0.717, 1.165) is 47.2 Å². The molecule has 17 heavy (non-hydrogen) atoms. The normalized spacial score (nSPS) is 15.8. The quantitative estimate of drug-likeness (QED) is 0.812. The summed E-state index contributed by atoms with van der Waals surface area (Å²) in [6.07, 6.45) is 0.947. The molecule has 0 spiro atoms. The molecule has 0 radical (unpaired) electrons. The Bertz CT molecular complexity index is 591. The van der Waals surface area contributed by atoms with Crippen LogP contribution < -0.4 is 14.8 Å². The van der Waals surface area contributed by atoms with Crippen LogP contribution in [0.3, 0.4) is 0 Å². The summed E-state index contributed by atoms with van der Waals surface area (Å²) < 4.78 is 15.9. The van der Waals surface area contributed by atoms with E-state index >= 15 is 0 Å². The summed E-state index contributed by atoms with van der Waals surface area (Å²) in [6, 6.07) is 5.82. The summed E-state index contributed by atoms with van der Waals surface area (Å²) in [5, 5.41) is 7.26. The second kappa shape index (κ2) is 3.16. The highest BCUT2D eigenvalue weighted by Crippen LogP contribution is 2.38. The smallest absolute Gasteiger partial charge is 0.231 e. The highest BCUT2D eigenvalue weighted by molar-refractivity contribution is 5.71. The van der Waals surface area contributed by atoms with Gasteiger partial charge in [-0.1, -0.05) is 5.16 Å². The van der Waals surface area contributed by atoms with E-state index in [9.17, 15) is 0 Å². The van der Waals surface area contributed by atoms with Crippen molar-refractivity contribution in [3.05, 3.63) is 23.8 Å². The number of nitrogens with zero attached hydrogens (tertiary/aromatic N) is 1. The van der Waals surface area contributed by atoms with E-state index in [2.05, 4.69) is 10.5 Å². The van der Waals surface area contributed by atoms with Crippen LogP contribution in [0, 0.1) is 0 Å². The molecule has 0 unspecified atom stereocenters. The van der Waals surface area contributed by atoms with Gasteiger partial charge in [0.1, 0.15) is 5.69 Å². The first-order valence-corrected chi connectivity index (χ1v) is 5.54. The minimum atomic E-state index is 0.289. The molecule has 0 saturated carbocycles. The van der Waals surface area contributed by atoms with Crippen LogP contribution >= 0.6 is 0 Å². The molecule has 0 saturated heterocycles. The van der Waals surface area contributed by atoms with Gasteiger partial charge in [-0.2, -0.15) is 0 Å². The van der Waals surface area contributed by atoms with Gasteiger partial charge in [-0.05, 0) is 24.6 Å². The maximum atomic E-state index is 5.36. The van der Waals surface area contributed by atoms with E-state index < -0.39 is 0 Å². The number of ether oxygens (including phenoxy) is 2. The lowest BCUT2D eigenvalue weighted by Gasteiger charge is -2.00. The monoisotopic (exact) mass is 230 g/mol. The Morgan fingerprint density at radius 1 is 1.18 bits per heavy atom. The van der Waals surface area contributed by atoms with Gasteiger partial charge in [0.05, 0.1) is 0 Å². The van der Waals surface area contributed by atoms with Crippen molar-refractivity contribution in [1.82, 2.24) is 5.16 Å². The topological polar surface area (TPSA) is 56.5 Å². The zero-order chi connectivity index (χ0) is 11.2. The van der Waals surface area contributed by atoms with Crippen LogP contribution in [0.5, 0.6) is 11.5 Å². The van der Waals surface area contributed by atoms with Crippen LogP contribution in [-0.4, -0.2) is 18.5 Å². The fourth-order valence-electron chi connectivity index (χ4n) is 2.25. The Labute approximate surface area is 97.3 Å². The first kappa shape index (κ1) is 8.92. The van der Waals surface area contributed by atoms with Gasteiger partial charge in [-0.3, -0.25) is 0 Å². The third-order valence-corrected chi connectivity index (χ3v) is 3.09. The summed E-state index contributed by atoms with van der Waals surface area (Å²) >= 11 is 0. The maximum absolute atomic E-state index is 5.36. The first-order valence-electron chi connectivity index (χ1n) is 5.54. The summed E-state index contributed by atoms with van der Waals surface area (Å²) in [5.74, 6) is 2.34. The van der Waals surface area contributed by atoms with Crippen LogP contribution in [0.4, 0.5) is 5.88 Å². The van der Waals surface area contributed by atoms with Crippen LogP contribution in [-0.2, 0) is 6.42 Å². The van der Waals surface area contributed by atoms with Crippen molar-refractivity contribution in [3.8, 4) is 22.8 Å². The maximum Gasteiger partial charge on any atom is 0.231 e. The Morgan fingerprint density at radius 3 is 3.12 bits per heavy atom. The van der Waals surface area contributed by atoms with Crippen molar-refractivity contribution in [3.63, 3.8) is 0 Å². The van der Waals surface area contributed by atoms with Gasteiger partial charge in [-0.25, -0.2) is 0 Å². The third kappa shape index (κ3) is 1.22. The highest BCUT2D eigenvalue weighted by atomic mass is 16.7. The molecule has 4 rings (SSSR count). The molecule has 0 bridgehead atoms. The molecule has 0 aliphatic carbocycles. The molecule has 2 aliphatic rings. The average Bonchev–Trinajstić information content (AvgIpc) is 3.03. The lowest BCUT2D eigenvalue weighted by Crippen LogP contribution is -1.93. The fraction of sp³-hybridized carbons (Fsp3) is 0.250. The molecule has 1 N–H and O–H groups in total. The predicted molar refractivity (Wildman–Crippen MR) is 60.3 cm³/mol. The number of aromatic nitrogens is 1. The van der Waals surface area contributed by atoms with E-state index in [1.54, 1.807) is 0 Å². The number of fused-ring (bicyclic) bond motifs is 2. The van der Waals surface area contributed by atoms with Gasteiger partial charge < -0.3 is 19.3 Å². The van der Waals surface area contributed by atoms with Crippen molar-refractivity contribution in [2.45, 2.75) is 6.42 Å². The van der Waals surface area contributed by atoms with Gasteiger partial charge in [0.15, 0.2) is 11.5 Å². The number of rotatable bonds is 1. The molecule has 0 fully saturated rings. The number of hydrogen-bond donors (Lipinski definition) is 1. The highest BCUT2D eigenvalue weighted by Gasteiger charge is 2.23. The second-order valence-electron chi connectivity index (χ2n) is 4.08. The number of anilines is 1. The van der Waals surface area contributed by atoms with Gasteiger partial charge in [-0.15, -0.1) is 0 Å². The fourth-order valence-corrected chi connectivity index (χ4v) is 2.25. The Hall–Kier alpha value is -2.17. The molecule has 2 aromatic rings. The minimum Gasteiger partial charge on any atom is -0.454 e.